The van der Waals surface area contributed by atoms with E-state index in [1.54, 1.807) is 0 Å². The summed E-state index contributed by atoms with van der Waals surface area (Å²) in [4.78, 5) is 2.00. The Morgan fingerprint density at radius 3 is 1.65 bits per heavy atom. The number of hydrogen-bond donors (Lipinski definition) is 0. The minimum atomic E-state index is -0.882. The van der Waals surface area contributed by atoms with Crippen molar-refractivity contribution in [2.24, 2.45) is 0 Å². The van der Waals surface area contributed by atoms with Gasteiger partial charge in [-0.15, -0.1) is 0 Å². The molecule has 244 valence electrons. The fourth-order valence-electron chi connectivity index (χ4n) is 8.36. The van der Waals surface area contributed by atoms with E-state index in [4.69, 9.17) is 0 Å². The van der Waals surface area contributed by atoms with Crippen molar-refractivity contribution in [2.75, 3.05) is 4.90 Å². The summed E-state index contributed by atoms with van der Waals surface area (Å²) in [6.07, 6.45) is 0. The molecule has 9 aromatic carbocycles. The molecule has 0 radical (unpaired) electrons. The molecule has 1 aliphatic rings. The fourth-order valence-corrected chi connectivity index (χ4v) is 8.36. The van der Waals surface area contributed by atoms with E-state index < -0.39 is 5.41 Å². The molecule has 0 aromatic heterocycles. The van der Waals surface area contributed by atoms with Crippen LogP contribution in [0.2, 0.25) is 0 Å². The molecule has 52 heavy (non-hydrogen) atoms. The molecule has 0 spiro atoms. The number of hydrogen-bond acceptors (Lipinski definition) is 1. The van der Waals surface area contributed by atoms with Crippen molar-refractivity contribution in [3.05, 3.63) is 235 Å². The van der Waals surface area contributed by atoms with E-state index >= 15 is 0 Å². The van der Waals surface area contributed by atoms with E-state index in [2.05, 4.69) is 109 Å². The molecule has 0 unspecified atom stereocenters. The highest BCUT2D eigenvalue weighted by atomic mass is 15.1. The molecule has 0 atom stereocenters. The number of rotatable bonds is 6. The number of nitrogens with zero attached hydrogens (tertiary/aromatic N) is 1. The Morgan fingerprint density at radius 1 is 0.385 bits per heavy atom. The maximum Gasteiger partial charge on any atom is 0.0714 e. The van der Waals surface area contributed by atoms with Gasteiger partial charge in [-0.1, -0.05) is 170 Å². The van der Waals surface area contributed by atoms with Gasteiger partial charge in [-0.2, -0.15) is 0 Å². The topological polar surface area (TPSA) is 3.24 Å². The van der Waals surface area contributed by atoms with E-state index in [0.29, 0.717) is 11.3 Å². The number of benzene rings is 9. The van der Waals surface area contributed by atoms with Gasteiger partial charge >= 0.3 is 0 Å². The van der Waals surface area contributed by atoms with Gasteiger partial charge in [0.1, 0.15) is 0 Å². The first-order valence-corrected chi connectivity index (χ1v) is 17.8. The zero-order valence-corrected chi connectivity index (χ0v) is 28.4. The van der Waals surface area contributed by atoms with Crippen LogP contribution in [-0.4, -0.2) is 0 Å². The number of anilines is 3. The maximum absolute atomic E-state index is 10.3. The molecule has 0 bridgehead atoms. The molecule has 0 N–H and O–H groups in total. The Hall–Kier alpha value is -6.70. The third-order valence-electron chi connectivity index (χ3n) is 10.6. The van der Waals surface area contributed by atoms with Crippen molar-refractivity contribution in [3.63, 3.8) is 0 Å². The second kappa shape index (κ2) is 12.3. The van der Waals surface area contributed by atoms with Crippen molar-refractivity contribution >= 4 is 38.6 Å². The van der Waals surface area contributed by atoms with Crippen molar-refractivity contribution < 1.29 is 4.11 Å². The lowest BCUT2D eigenvalue weighted by atomic mass is 9.67. The van der Waals surface area contributed by atoms with Crippen LogP contribution in [-0.2, 0) is 5.41 Å². The Kier molecular flexibility index (Phi) is 6.39. The summed E-state index contributed by atoms with van der Waals surface area (Å²) in [7, 11) is 0. The summed E-state index contributed by atoms with van der Waals surface area (Å²) in [5.74, 6) is 0. The first-order chi connectivity index (χ1) is 27.1. The summed E-state index contributed by atoms with van der Waals surface area (Å²) >= 11 is 0. The largest absolute Gasteiger partial charge is 0.310 e. The Morgan fingerprint density at radius 2 is 0.942 bits per heavy atom. The van der Waals surface area contributed by atoms with Gasteiger partial charge in [0, 0.05) is 17.1 Å². The Balaban J connectivity index is 1.23. The molecule has 10 rings (SSSR count). The molecule has 1 heteroatoms. The van der Waals surface area contributed by atoms with Gasteiger partial charge in [0.15, 0.2) is 0 Å². The van der Waals surface area contributed by atoms with E-state index in [1.165, 1.54) is 21.5 Å². The smallest absolute Gasteiger partial charge is 0.0714 e. The van der Waals surface area contributed by atoms with Crippen LogP contribution in [0.3, 0.4) is 0 Å². The molecule has 0 saturated carbocycles. The van der Waals surface area contributed by atoms with E-state index in [9.17, 15) is 4.11 Å². The van der Waals surface area contributed by atoms with E-state index in [-0.39, 0.29) is 18.1 Å². The lowest BCUT2D eigenvalue weighted by Crippen LogP contribution is -2.28. The predicted octanol–water partition coefficient (Wildman–Crippen LogP) is 13.5. The molecular weight excluding hydrogens is 627 g/mol. The highest BCUT2D eigenvalue weighted by molar-refractivity contribution is 6.13. The Bertz CT molecular complexity index is 2850. The van der Waals surface area contributed by atoms with Crippen LogP contribution < -0.4 is 4.90 Å². The van der Waals surface area contributed by atoms with Crippen LogP contribution in [0.1, 0.15) is 26.4 Å². The van der Waals surface area contributed by atoms with Crippen LogP contribution >= 0.6 is 0 Å². The standard InChI is InChI=1S/C51H35N/c1-4-17-38(18-5-1)51(39-19-6-2-7-20-39)49-27-15-14-26-46(49)47-33-32-42(35-50(47)51)52(40-21-8-3-9-22-40)41-30-28-36(29-31-41)48-34-37-16-10-11-23-43(37)44-24-12-13-25-45(44)48/h1-35H/i32D,33D,35D. The third kappa shape index (κ3) is 4.63. The molecule has 0 saturated heterocycles. The van der Waals surface area contributed by atoms with Crippen LogP contribution in [0.25, 0.3) is 43.8 Å². The zero-order valence-electron chi connectivity index (χ0n) is 31.4. The molecule has 1 aliphatic carbocycles. The lowest BCUT2D eigenvalue weighted by Gasteiger charge is -2.35. The normalized spacial score (nSPS) is 13.6. The summed E-state index contributed by atoms with van der Waals surface area (Å²) in [6.45, 7) is 0. The summed E-state index contributed by atoms with van der Waals surface area (Å²) in [6, 6.07) is 67.0. The van der Waals surface area contributed by atoms with Gasteiger partial charge < -0.3 is 4.90 Å². The minimum Gasteiger partial charge on any atom is -0.310 e. The van der Waals surface area contributed by atoms with Gasteiger partial charge in [-0.25, -0.2) is 0 Å². The molecule has 9 aromatic rings. The molecule has 0 fully saturated rings. The van der Waals surface area contributed by atoms with Crippen LogP contribution in [0.15, 0.2) is 212 Å². The van der Waals surface area contributed by atoms with E-state index in [0.717, 1.165) is 50.3 Å². The first-order valence-electron chi connectivity index (χ1n) is 19.3. The van der Waals surface area contributed by atoms with Gasteiger partial charge in [0.05, 0.1) is 9.53 Å². The first kappa shape index (κ1) is 27.1. The molecule has 0 heterocycles. The maximum atomic E-state index is 10.3. The van der Waals surface area contributed by atoms with Gasteiger partial charge in [-0.3, -0.25) is 0 Å². The van der Waals surface area contributed by atoms with E-state index in [1.807, 2.05) is 89.8 Å². The lowest BCUT2D eigenvalue weighted by molar-refractivity contribution is 0.768. The van der Waals surface area contributed by atoms with Crippen molar-refractivity contribution in [1.82, 2.24) is 0 Å². The number of para-hydroxylation sites is 1. The quantitative estimate of drug-likeness (QED) is 0.160. The summed E-state index contributed by atoms with van der Waals surface area (Å²) < 4.78 is 29.8. The summed E-state index contributed by atoms with van der Waals surface area (Å²) in [5.41, 5.74) is 8.65. The number of fused-ring (bicyclic) bond motifs is 6. The molecule has 1 nitrogen and oxygen atoms in total. The van der Waals surface area contributed by atoms with Crippen LogP contribution in [0.4, 0.5) is 17.1 Å². The molecular formula is C51H35N. The Labute approximate surface area is 308 Å². The highest BCUT2D eigenvalue weighted by Gasteiger charge is 2.46. The van der Waals surface area contributed by atoms with Crippen LogP contribution in [0, 0.1) is 0 Å². The third-order valence-corrected chi connectivity index (χ3v) is 10.6. The van der Waals surface area contributed by atoms with Gasteiger partial charge in [0.2, 0.25) is 0 Å². The van der Waals surface area contributed by atoms with Crippen LogP contribution in [0.5, 0.6) is 0 Å². The fraction of sp³-hybridized carbons (Fsp3) is 0.0196. The second-order valence-electron chi connectivity index (χ2n) is 13.4. The predicted molar refractivity (Wildman–Crippen MR) is 219 cm³/mol. The van der Waals surface area contributed by atoms with Gasteiger partial charge in [-0.05, 0) is 108 Å². The molecule has 0 amide bonds. The highest BCUT2D eigenvalue weighted by Crippen LogP contribution is 2.57. The second-order valence-corrected chi connectivity index (χ2v) is 13.4. The van der Waals surface area contributed by atoms with Crippen molar-refractivity contribution in [1.29, 1.82) is 0 Å². The zero-order chi connectivity index (χ0) is 37.1. The van der Waals surface area contributed by atoms with Gasteiger partial charge in [0.25, 0.3) is 0 Å². The average molecular weight is 665 g/mol. The summed E-state index contributed by atoms with van der Waals surface area (Å²) in [5, 5.41) is 4.81. The SMILES string of the molecule is [2H]c1c([2H])c(N(c2ccccc2)c2ccc(-c3cc4ccccc4c4ccccc34)cc2)c([2H])c2c1-c1ccccc1C2(c1ccccc1)c1ccccc1. The van der Waals surface area contributed by atoms with Crippen molar-refractivity contribution in [3.8, 4) is 22.3 Å². The minimum absolute atomic E-state index is 0.0175. The van der Waals surface area contributed by atoms with Crippen molar-refractivity contribution in [2.45, 2.75) is 5.41 Å². The molecule has 0 aliphatic heterocycles. The average Bonchev–Trinajstić information content (AvgIpc) is 3.57. The monoisotopic (exact) mass is 664 g/mol.